The molecule has 3 aromatic heterocycles. The third-order valence-corrected chi connectivity index (χ3v) is 6.55. The summed E-state index contributed by atoms with van der Waals surface area (Å²) in [6.07, 6.45) is 3.29. The summed E-state index contributed by atoms with van der Waals surface area (Å²) in [6, 6.07) is 8.95. The molecule has 5 rings (SSSR count). The average molecular weight is 551 g/mol. The quantitative estimate of drug-likeness (QED) is 0.296. The molecule has 13 heteroatoms. The number of nitrogens with zero attached hydrogens (tertiary/aromatic N) is 5. The van der Waals surface area contributed by atoms with Gasteiger partial charge in [-0.15, -0.1) is 0 Å². The molecule has 1 aliphatic heterocycles. The van der Waals surface area contributed by atoms with Gasteiger partial charge in [-0.05, 0) is 49.9 Å². The Hall–Kier alpha value is -4.42. The smallest absolute Gasteiger partial charge is 0.274 e. The van der Waals surface area contributed by atoms with E-state index in [-0.39, 0.29) is 35.1 Å². The zero-order valence-electron chi connectivity index (χ0n) is 20.8. The summed E-state index contributed by atoms with van der Waals surface area (Å²) >= 11 is 6.08. The first-order valence-electron chi connectivity index (χ1n) is 12.0. The number of halogens is 2. The van der Waals surface area contributed by atoms with Crippen LogP contribution < -0.4 is 10.6 Å². The summed E-state index contributed by atoms with van der Waals surface area (Å²) in [5, 5.41) is 16.4. The van der Waals surface area contributed by atoms with Crippen molar-refractivity contribution in [1.29, 1.82) is 0 Å². The minimum absolute atomic E-state index is 0.0334. The number of likely N-dealkylation sites (tertiary alicyclic amines) is 1. The molecule has 11 nitrogen and oxygen atoms in total. The molecule has 4 aromatic rings. The molecule has 0 bridgehead atoms. The van der Waals surface area contributed by atoms with Gasteiger partial charge in [-0.25, -0.2) is 9.37 Å². The number of rotatable bonds is 7. The van der Waals surface area contributed by atoms with Crippen LogP contribution in [0, 0.1) is 5.82 Å². The van der Waals surface area contributed by atoms with Gasteiger partial charge in [0, 0.05) is 24.7 Å². The molecule has 1 fully saturated rings. The van der Waals surface area contributed by atoms with Gasteiger partial charge in [0.1, 0.15) is 17.2 Å². The second-order valence-electron chi connectivity index (χ2n) is 9.17. The molecule has 4 heterocycles. The number of benzene rings is 1. The monoisotopic (exact) mass is 550 g/mol. The molecule has 39 heavy (non-hydrogen) atoms. The molecule has 2 unspecified atom stereocenters. The van der Waals surface area contributed by atoms with Gasteiger partial charge in [0.15, 0.2) is 0 Å². The van der Waals surface area contributed by atoms with E-state index in [1.54, 1.807) is 18.2 Å². The lowest BCUT2D eigenvalue weighted by molar-refractivity contribution is -0.117. The number of carbonyl (C=O) groups excluding carboxylic acids is 2. The maximum Gasteiger partial charge on any atom is 0.274 e. The highest BCUT2D eigenvalue weighted by Gasteiger charge is 2.31. The maximum absolute atomic E-state index is 15.0. The van der Waals surface area contributed by atoms with Gasteiger partial charge in [-0.3, -0.25) is 14.7 Å². The maximum atomic E-state index is 15.0. The number of hydrogen-bond acceptors (Lipinski definition) is 8. The number of H-pyrrole nitrogens is 1. The number of pyridine rings is 1. The Morgan fingerprint density at radius 3 is 2.85 bits per heavy atom. The summed E-state index contributed by atoms with van der Waals surface area (Å²) in [7, 11) is 1.94. The first kappa shape index (κ1) is 26.2. The van der Waals surface area contributed by atoms with E-state index in [4.69, 9.17) is 16.1 Å². The Balaban J connectivity index is 1.28. The summed E-state index contributed by atoms with van der Waals surface area (Å²) in [6.45, 7) is 4.84. The lowest BCUT2D eigenvalue weighted by atomic mass is 9.94. The number of carbonyl (C=O) groups is 2. The van der Waals surface area contributed by atoms with Crippen LogP contribution in [0.4, 0.5) is 10.1 Å². The highest BCUT2D eigenvalue weighted by atomic mass is 35.5. The van der Waals surface area contributed by atoms with Gasteiger partial charge < -0.3 is 20.1 Å². The van der Waals surface area contributed by atoms with E-state index in [0.717, 1.165) is 0 Å². The van der Waals surface area contributed by atoms with Gasteiger partial charge in [0.2, 0.25) is 17.6 Å². The second-order valence-corrected chi connectivity index (χ2v) is 9.58. The first-order valence-corrected chi connectivity index (χ1v) is 12.4. The Kier molecular flexibility index (Phi) is 7.48. The Morgan fingerprint density at radius 1 is 1.26 bits per heavy atom. The van der Waals surface area contributed by atoms with Crippen molar-refractivity contribution in [2.45, 2.75) is 18.4 Å². The summed E-state index contributed by atoms with van der Waals surface area (Å²) in [5.41, 5.74) is 1.32. The van der Waals surface area contributed by atoms with E-state index >= 15 is 0 Å². The van der Waals surface area contributed by atoms with Crippen molar-refractivity contribution < 1.29 is 18.5 Å². The molecule has 2 atom stereocenters. The van der Waals surface area contributed by atoms with Crippen LogP contribution in [0.25, 0.3) is 22.8 Å². The second kappa shape index (κ2) is 11.1. The van der Waals surface area contributed by atoms with Gasteiger partial charge >= 0.3 is 0 Å². The molecular formula is C26H24ClFN8O3. The van der Waals surface area contributed by atoms with Crippen molar-refractivity contribution in [2.24, 2.45) is 0 Å². The van der Waals surface area contributed by atoms with Crippen LogP contribution >= 0.6 is 11.6 Å². The number of nitrogens with one attached hydrogen (secondary N) is 3. The van der Waals surface area contributed by atoms with Crippen LogP contribution in [-0.4, -0.2) is 68.2 Å². The third kappa shape index (κ3) is 5.86. The van der Waals surface area contributed by atoms with Gasteiger partial charge in [-0.1, -0.05) is 29.4 Å². The average Bonchev–Trinajstić information content (AvgIpc) is 3.59. The third-order valence-electron chi connectivity index (χ3n) is 6.26. The zero-order valence-corrected chi connectivity index (χ0v) is 21.6. The lowest BCUT2D eigenvalue weighted by Gasteiger charge is -2.34. The summed E-state index contributed by atoms with van der Waals surface area (Å²) < 4.78 is 20.5. The van der Waals surface area contributed by atoms with Crippen LogP contribution in [-0.2, 0) is 4.79 Å². The summed E-state index contributed by atoms with van der Waals surface area (Å²) in [5.74, 6) is -1.01. The molecule has 0 radical (unpaired) electrons. The normalized spacial score (nSPS) is 17.5. The highest BCUT2D eigenvalue weighted by Crippen LogP contribution is 2.29. The molecule has 200 valence electrons. The Bertz CT molecular complexity index is 1540. The van der Waals surface area contributed by atoms with Crippen molar-refractivity contribution in [2.75, 3.05) is 25.5 Å². The van der Waals surface area contributed by atoms with Crippen LogP contribution in [0.1, 0.15) is 28.7 Å². The Labute approximate surface area is 227 Å². The summed E-state index contributed by atoms with van der Waals surface area (Å²) in [4.78, 5) is 35.3. The largest absolute Gasteiger partial charge is 0.349 e. The molecule has 1 saturated heterocycles. The van der Waals surface area contributed by atoms with E-state index in [1.807, 2.05) is 7.05 Å². The Morgan fingerprint density at radius 2 is 2.10 bits per heavy atom. The zero-order chi connectivity index (χ0) is 27.5. The minimum atomic E-state index is -0.676. The standard InChI is InChI=1S/C26H24ClFN8O3/c1-3-22(37)30-16-9-15(12-36(2)13-16)26-33-24(35-39-26)14-7-8-19(18(28)10-14)32-25(38)21-6-4-5-20(31-21)23-17(27)11-29-34-23/h3-8,10-11,15-16H,1,9,12-13H2,2H3,(H,29,34)(H,30,37)(H,32,38). The van der Waals surface area contributed by atoms with Crippen LogP contribution in [0.3, 0.4) is 0 Å². The van der Waals surface area contributed by atoms with Gasteiger partial charge in [-0.2, -0.15) is 10.1 Å². The number of likely N-dealkylation sites (N-methyl/N-ethyl adjacent to an activating group) is 1. The molecule has 3 N–H and O–H groups in total. The molecule has 2 amide bonds. The molecule has 1 aliphatic rings. The fourth-order valence-corrected chi connectivity index (χ4v) is 4.66. The van der Waals surface area contributed by atoms with Crippen molar-refractivity contribution in [3.05, 3.63) is 77.7 Å². The first-order chi connectivity index (χ1) is 18.8. The molecule has 0 saturated carbocycles. The molecule has 0 aliphatic carbocycles. The lowest BCUT2D eigenvalue weighted by Crippen LogP contribution is -2.48. The topological polar surface area (TPSA) is 142 Å². The van der Waals surface area contributed by atoms with Gasteiger partial charge in [0.25, 0.3) is 5.91 Å². The predicted molar refractivity (Wildman–Crippen MR) is 141 cm³/mol. The van der Waals surface area contributed by atoms with E-state index < -0.39 is 11.7 Å². The van der Waals surface area contributed by atoms with Crippen molar-refractivity contribution in [3.8, 4) is 22.8 Å². The number of hydrogen-bond donors (Lipinski definition) is 3. The highest BCUT2D eigenvalue weighted by molar-refractivity contribution is 6.32. The predicted octanol–water partition coefficient (Wildman–Crippen LogP) is 3.66. The van der Waals surface area contributed by atoms with Gasteiger partial charge in [0.05, 0.1) is 28.5 Å². The van der Waals surface area contributed by atoms with Crippen molar-refractivity contribution in [1.82, 2.24) is 35.5 Å². The number of aromatic amines is 1. The van der Waals surface area contributed by atoms with Crippen LogP contribution in [0.15, 0.2) is 59.8 Å². The van der Waals surface area contributed by atoms with Crippen LogP contribution in [0.5, 0.6) is 0 Å². The van der Waals surface area contributed by atoms with E-state index in [0.29, 0.717) is 47.4 Å². The van der Waals surface area contributed by atoms with E-state index in [1.165, 1.54) is 30.5 Å². The number of anilines is 1. The van der Waals surface area contributed by atoms with E-state index in [9.17, 15) is 14.0 Å². The number of amides is 2. The molecular weight excluding hydrogens is 527 g/mol. The van der Waals surface area contributed by atoms with Crippen LogP contribution in [0.2, 0.25) is 5.02 Å². The SMILES string of the molecule is C=CC(=O)NC1CC(c2nc(-c3ccc(NC(=O)c4cccc(-c5[nH]ncc5Cl)n4)c(F)c3)no2)CN(C)C1. The number of piperidine rings is 1. The molecule has 1 aromatic carbocycles. The van der Waals surface area contributed by atoms with E-state index in [2.05, 4.69) is 47.4 Å². The minimum Gasteiger partial charge on any atom is -0.349 e. The van der Waals surface area contributed by atoms with Crippen molar-refractivity contribution >= 4 is 29.1 Å². The fourth-order valence-electron chi connectivity index (χ4n) is 4.47. The van der Waals surface area contributed by atoms with Crippen molar-refractivity contribution in [3.63, 3.8) is 0 Å². The fraction of sp³-hybridized carbons (Fsp3) is 0.231. The number of aromatic nitrogens is 5. The molecule has 0 spiro atoms.